The maximum Gasteiger partial charge on any atom is 0.490 e. The van der Waals surface area contributed by atoms with Crippen molar-refractivity contribution in [2.75, 3.05) is 20.3 Å². The van der Waals surface area contributed by atoms with Crippen molar-refractivity contribution < 1.29 is 32.5 Å². The number of nitrogens with zero attached hydrogens (tertiary/aromatic N) is 2. The molecule has 1 aromatic carbocycles. The zero-order valence-electron chi connectivity index (χ0n) is 16.7. The van der Waals surface area contributed by atoms with Crippen LogP contribution >= 0.6 is 0 Å². The largest absolute Gasteiger partial charge is 0.490 e. The van der Waals surface area contributed by atoms with Crippen molar-refractivity contribution in [3.63, 3.8) is 0 Å². The van der Waals surface area contributed by atoms with Gasteiger partial charge in [0, 0.05) is 24.2 Å². The van der Waals surface area contributed by atoms with Crippen molar-refractivity contribution >= 4 is 5.97 Å². The van der Waals surface area contributed by atoms with E-state index >= 15 is 0 Å². The number of H-pyrrole nitrogens is 1. The zero-order chi connectivity index (χ0) is 21.9. The van der Waals surface area contributed by atoms with Crippen LogP contribution in [-0.4, -0.2) is 52.6 Å². The van der Waals surface area contributed by atoms with Crippen molar-refractivity contribution in [3.05, 3.63) is 41.2 Å². The van der Waals surface area contributed by atoms with Gasteiger partial charge in [-0.2, -0.15) is 18.3 Å². The molecule has 0 spiro atoms. The number of benzene rings is 1. The summed E-state index contributed by atoms with van der Waals surface area (Å²) in [5, 5.41) is 14.7. The molecular formula is C20H24F3N3O4. The smallest absolute Gasteiger partial charge is 0.486 e. The summed E-state index contributed by atoms with van der Waals surface area (Å²) in [6.07, 6.45) is -2.51. The highest BCUT2D eigenvalue weighted by Gasteiger charge is 2.38. The van der Waals surface area contributed by atoms with Gasteiger partial charge in [-0.15, -0.1) is 0 Å². The van der Waals surface area contributed by atoms with Crippen LogP contribution in [0.3, 0.4) is 0 Å². The predicted molar refractivity (Wildman–Crippen MR) is 102 cm³/mol. The van der Waals surface area contributed by atoms with E-state index in [4.69, 9.17) is 19.4 Å². The second kappa shape index (κ2) is 8.95. The third-order valence-corrected chi connectivity index (χ3v) is 5.02. The van der Waals surface area contributed by atoms with E-state index in [1.54, 1.807) is 0 Å². The topological polar surface area (TPSA) is 87.7 Å². The highest BCUT2D eigenvalue weighted by Crippen LogP contribution is 2.39. The summed E-state index contributed by atoms with van der Waals surface area (Å²) in [4.78, 5) is 11.2. The number of rotatable bonds is 5. The van der Waals surface area contributed by atoms with E-state index in [-0.39, 0.29) is 0 Å². The minimum Gasteiger partial charge on any atom is -0.486 e. The maximum absolute atomic E-state index is 10.6. The fourth-order valence-corrected chi connectivity index (χ4v) is 3.03. The molecule has 1 fully saturated rings. The molecule has 164 valence electrons. The Morgan fingerprint density at radius 2 is 1.90 bits per heavy atom. The lowest BCUT2D eigenvalue weighted by molar-refractivity contribution is -0.192. The molecule has 0 saturated heterocycles. The average molecular weight is 427 g/mol. The number of hydrogen-bond acceptors (Lipinski definition) is 5. The third kappa shape index (κ3) is 5.65. The number of aromatic nitrogens is 2. The molecule has 2 N–H and O–H groups in total. The van der Waals surface area contributed by atoms with Crippen LogP contribution in [0, 0.1) is 0 Å². The number of carboxylic acids is 1. The normalized spacial score (nSPS) is 16.6. The lowest BCUT2D eigenvalue weighted by Gasteiger charge is -2.26. The van der Waals surface area contributed by atoms with Crippen LogP contribution in [0.15, 0.2) is 24.3 Å². The molecule has 10 heteroatoms. The quantitative estimate of drug-likeness (QED) is 0.753. The highest BCUT2D eigenvalue weighted by atomic mass is 19.4. The van der Waals surface area contributed by atoms with Crippen molar-refractivity contribution in [3.8, 4) is 11.5 Å². The molecule has 1 aliphatic heterocycles. The van der Waals surface area contributed by atoms with Crippen molar-refractivity contribution in [2.45, 2.75) is 44.4 Å². The Bertz CT molecular complexity index is 880. The van der Waals surface area contributed by atoms with E-state index < -0.39 is 12.1 Å². The Kier molecular flexibility index (Phi) is 6.55. The van der Waals surface area contributed by atoms with Gasteiger partial charge in [-0.05, 0) is 50.6 Å². The first-order valence-electron chi connectivity index (χ1n) is 9.59. The molecule has 1 aromatic heterocycles. The van der Waals surface area contributed by atoms with Gasteiger partial charge in [0.05, 0.1) is 5.69 Å². The van der Waals surface area contributed by atoms with Crippen LogP contribution in [0.1, 0.15) is 48.7 Å². The lowest BCUT2D eigenvalue weighted by Crippen LogP contribution is -2.22. The van der Waals surface area contributed by atoms with Gasteiger partial charge in [-0.3, -0.25) is 10.00 Å². The molecular weight excluding hydrogens is 403 g/mol. The first-order chi connectivity index (χ1) is 14.1. The third-order valence-electron chi connectivity index (χ3n) is 5.02. The first-order valence-corrected chi connectivity index (χ1v) is 9.59. The summed E-state index contributed by atoms with van der Waals surface area (Å²) in [6.45, 7) is 4.32. The van der Waals surface area contributed by atoms with E-state index in [1.807, 2.05) is 6.07 Å². The van der Waals surface area contributed by atoms with Gasteiger partial charge in [0.2, 0.25) is 0 Å². The molecule has 1 atom stereocenters. The number of aliphatic carboxylic acids is 1. The summed E-state index contributed by atoms with van der Waals surface area (Å²) in [7, 11) is 2.14. The minimum atomic E-state index is -5.08. The van der Waals surface area contributed by atoms with Crippen molar-refractivity contribution in [1.29, 1.82) is 0 Å². The molecule has 0 radical (unpaired) electrons. The molecule has 30 heavy (non-hydrogen) atoms. The SMILES string of the molecule is CC(c1ccc2c(c1)OCCO2)N(C)Cc1cc(C2CC2)n[nH]1.O=C(O)C(F)(F)F. The van der Waals surface area contributed by atoms with Crippen molar-refractivity contribution in [2.24, 2.45) is 0 Å². The number of ether oxygens (including phenoxy) is 2. The number of nitrogens with one attached hydrogen (secondary N) is 1. The average Bonchev–Trinajstić information content (AvgIpc) is 3.46. The molecule has 1 aliphatic carbocycles. The van der Waals surface area contributed by atoms with E-state index in [0.29, 0.717) is 25.2 Å². The predicted octanol–water partition coefficient (Wildman–Crippen LogP) is 3.88. The second-order valence-electron chi connectivity index (χ2n) is 7.39. The Morgan fingerprint density at radius 1 is 1.27 bits per heavy atom. The van der Waals surface area contributed by atoms with Crippen LogP contribution in [0.25, 0.3) is 0 Å². The molecule has 4 rings (SSSR count). The molecule has 0 bridgehead atoms. The van der Waals surface area contributed by atoms with Gasteiger partial charge in [0.25, 0.3) is 0 Å². The van der Waals surface area contributed by atoms with Crippen LogP contribution in [0.5, 0.6) is 11.5 Å². The van der Waals surface area contributed by atoms with Crippen molar-refractivity contribution in [1.82, 2.24) is 15.1 Å². The highest BCUT2D eigenvalue weighted by molar-refractivity contribution is 5.73. The Morgan fingerprint density at radius 3 is 2.50 bits per heavy atom. The zero-order valence-corrected chi connectivity index (χ0v) is 16.7. The molecule has 2 heterocycles. The standard InChI is InChI=1S/C18H23N3O2.C2HF3O2/c1-12(14-5-6-17-18(9-14)23-8-7-22-17)21(2)11-15-10-16(20-19-15)13-3-4-13;3-2(4,5)1(6)7/h5-6,9-10,12-13H,3-4,7-8,11H2,1-2H3,(H,19,20);(H,6,7). The monoisotopic (exact) mass is 427 g/mol. The van der Waals surface area contributed by atoms with E-state index in [9.17, 15) is 13.2 Å². The number of alkyl halides is 3. The molecule has 1 saturated carbocycles. The first kappa shape index (κ1) is 21.9. The number of carbonyl (C=O) groups is 1. The molecule has 1 unspecified atom stereocenters. The van der Waals surface area contributed by atoms with Gasteiger partial charge in [0.15, 0.2) is 11.5 Å². The minimum absolute atomic E-state index is 0.290. The van der Waals surface area contributed by atoms with Crippen LogP contribution in [-0.2, 0) is 11.3 Å². The van der Waals surface area contributed by atoms with Crippen LogP contribution in [0.4, 0.5) is 13.2 Å². The van der Waals surface area contributed by atoms with Gasteiger partial charge in [0.1, 0.15) is 13.2 Å². The number of halogens is 3. The number of hydrogen-bond donors (Lipinski definition) is 2. The summed E-state index contributed by atoms with van der Waals surface area (Å²) < 4.78 is 43.0. The van der Waals surface area contributed by atoms with Crippen LogP contribution < -0.4 is 9.47 Å². The Balaban J connectivity index is 0.000000318. The second-order valence-corrected chi connectivity index (χ2v) is 7.39. The van der Waals surface area contributed by atoms with E-state index in [0.717, 1.165) is 18.0 Å². The molecule has 7 nitrogen and oxygen atoms in total. The lowest BCUT2D eigenvalue weighted by atomic mass is 10.1. The number of aromatic amines is 1. The summed E-state index contributed by atoms with van der Waals surface area (Å²) in [5.41, 5.74) is 3.64. The summed E-state index contributed by atoms with van der Waals surface area (Å²) >= 11 is 0. The summed E-state index contributed by atoms with van der Waals surface area (Å²) in [5.74, 6) is -0.364. The van der Waals surface area contributed by atoms with Gasteiger partial charge in [-0.1, -0.05) is 6.07 Å². The van der Waals surface area contributed by atoms with Gasteiger partial charge < -0.3 is 14.6 Å². The molecule has 2 aliphatic rings. The fraction of sp³-hybridized carbons (Fsp3) is 0.500. The Labute approximate surface area is 171 Å². The van der Waals surface area contributed by atoms with E-state index in [1.165, 1.54) is 29.8 Å². The van der Waals surface area contributed by atoms with Gasteiger partial charge >= 0.3 is 12.1 Å². The fourth-order valence-electron chi connectivity index (χ4n) is 3.03. The molecule has 2 aromatic rings. The van der Waals surface area contributed by atoms with Crippen LogP contribution in [0.2, 0.25) is 0 Å². The van der Waals surface area contributed by atoms with E-state index in [2.05, 4.69) is 47.3 Å². The Hall–Kier alpha value is -2.75. The maximum atomic E-state index is 10.6. The van der Waals surface area contributed by atoms with Gasteiger partial charge in [-0.25, -0.2) is 4.79 Å². The summed E-state index contributed by atoms with van der Waals surface area (Å²) in [6, 6.07) is 8.73. The molecule has 0 amide bonds. The number of fused-ring (bicyclic) bond motifs is 1. The number of carboxylic acid groups (broad SMARTS) is 1.